The third-order valence-electron chi connectivity index (χ3n) is 1.90. The lowest BCUT2D eigenvalue weighted by atomic mass is 10.1. The van der Waals surface area contributed by atoms with Crippen molar-refractivity contribution in [3.63, 3.8) is 0 Å². The zero-order valence-electron chi connectivity index (χ0n) is 7.43. The second-order valence-corrected chi connectivity index (χ2v) is 5.49. The molecule has 1 atom stereocenters. The maximum atomic E-state index is 10.8. The number of carbonyl (C=O) groups excluding carboxylic acids is 1. The van der Waals surface area contributed by atoms with Crippen molar-refractivity contribution in [2.75, 3.05) is 12.0 Å². The van der Waals surface area contributed by atoms with Gasteiger partial charge in [0.2, 0.25) is 0 Å². The second kappa shape index (κ2) is 3.87. The molecule has 0 spiro atoms. The van der Waals surface area contributed by atoms with E-state index in [0.717, 1.165) is 6.29 Å². The van der Waals surface area contributed by atoms with Gasteiger partial charge in [0.1, 0.15) is 16.1 Å². The smallest absolute Gasteiger partial charge is 0.149 e. The third kappa shape index (κ3) is 3.55. The minimum atomic E-state index is -2.89. The average Bonchev–Trinajstić information content (AvgIpc) is 2.47. The van der Waals surface area contributed by atoms with Crippen molar-refractivity contribution < 1.29 is 13.2 Å². The zero-order valence-corrected chi connectivity index (χ0v) is 8.25. The van der Waals surface area contributed by atoms with E-state index in [1.807, 2.05) is 6.08 Å². The maximum Gasteiger partial charge on any atom is 0.149 e. The fraction of sp³-hybridized carbons (Fsp3) is 0.444. The summed E-state index contributed by atoms with van der Waals surface area (Å²) in [5.41, 5.74) is 0.638. The van der Waals surface area contributed by atoms with Gasteiger partial charge in [-0.05, 0) is 12.3 Å². The van der Waals surface area contributed by atoms with Gasteiger partial charge in [-0.3, -0.25) is 4.79 Å². The van der Waals surface area contributed by atoms with Gasteiger partial charge in [0.05, 0.1) is 5.75 Å². The summed E-state index contributed by atoms with van der Waals surface area (Å²) in [7, 11) is -2.89. The summed E-state index contributed by atoms with van der Waals surface area (Å²) in [4.78, 5) is 10.3. The molecule has 0 saturated carbocycles. The molecule has 0 aromatic rings. The first-order valence-corrected chi connectivity index (χ1v) is 6.10. The van der Waals surface area contributed by atoms with Crippen LogP contribution in [0.4, 0.5) is 0 Å². The largest absolute Gasteiger partial charge is 0.298 e. The molecule has 0 amide bonds. The normalized spacial score (nSPS) is 21.6. The van der Waals surface area contributed by atoms with E-state index in [-0.39, 0.29) is 11.7 Å². The van der Waals surface area contributed by atoms with Gasteiger partial charge in [0.15, 0.2) is 0 Å². The van der Waals surface area contributed by atoms with Crippen LogP contribution >= 0.6 is 0 Å². The first kappa shape index (κ1) is 10.2. The Kier molecular flexibility index (Phi) is 3.03. The van der Waals surface area contributed by atoms with Crippen LogP contribution in [0.2, 0.25) is 0 Å². The minimum Gasteiger partial charge on any atom is -0.298 e. The molecule has 0 aliphatic heterocycles. The molecule has 4 heteroatoms. The van der Waals surface area contributed by atoms with Crippen LogP contribution in [0, 0.1) is 5.92 Å². The molecule has 0 heterocycles. The molecule has 1 unspecified atom stereocenters. The number of hydrogen-bond donors (Lipinski definition) is 0. The molecule has 13 heavy (non-hydrogen) atoms. The summed E-state index contributed by atoms with van der Waals surface area (Å²) in [6.07, 6.45) is 7.92. The zero-order chi connectivity index (χ0) is 9.90. The van der Waals surface area contributed by atoms with Crippen LogP contribution in [0.1, 0.15) is 6.42 Å². The monoisotopic (exact) mass is 200 g/mol. The Balaban J connectivity index is 2.47. The molecule has 0 aromatic heterocycles. The summed E-state index contributed by atoms with van der Waals surface area (Å²) < 4.78 is 21.6. The van der Waals surface area contributed by atoms with E-state index in [4.69, 9.17) is 0 Å². The van der Waals surface area contributed by atoms with Crippen LogP contribution in [0.5, 0.6) is 0 Å². The van der Waals surface area contributed by atoms with Crippen LogP contribution < -0.4 is 0 Å². The number of sulfone groups is 1. The highest BCUT2D eigenvalue weighted by atomic mass is 32.2. The molecule has 1 aliphatic carbocycles. The molecular formula is C9H12O3S. The summed E-state index contributed by atoms with van der Waals surface area (Å²) in [5.74, 6) is 0.278. The predicted octanol–water partition coefficient (Wildman–Crippen LogP) is 0.732. The van der Waals surface area contributed by atoms with Crippen molar-refractivity contribution >= 4 is 16.1 Å². The van der Waals surface area contributed by atoms with Gasteiger partial charge >= 0.3 is 0 Å². The fourth-order valence-electron chi connectivity index (χ4n) is 1.20. The highest BCUT2D eigenvalue weighted by molar-refractivity contribution is 7.90. The lowest BCUT2D eigenvalue weighted by Crippen LogP contribution is -2.06. The van der Waals surface area contributed by atoms with Crippen molar-refractivity contribution in [3.05, 3.63) is 23.8 Å². The molecule has 0 bridgehead atoms. The number of allylic oxidation sites excluding steroid dienone is 4. The lowest BCUT2D eigenvalue weighted by Gasteiger charge is -2.02. The highest BCUT2D eigenvalue weighted by Gasteiger charge is 2.11. The number of hydrogen-bond acceptors (Lipinski definition) is 3. The molecule has 72 valence electrons. The minimum absolute atomic E-state index is 0.106. The second-order valence-electron chi connectivity index (χ2n) is 3.23. The van der Waals surface area contributed by atoms with Crippen LogP contribution in [0.15, 0.2) is 23.8 Å². The first-order valence-electron chi connectivity index (χ1n) is 4.04. The topological polar surface area (TPSA) is 51.2 Å². The quantitative estimate of drug-likeness (QED) is 0.629. The Labute approximate surface area is 78.1 Å². The molecule has 0 fully saturated rings. The molecule has 0 saturated heterocycles. The van der Waals surface area contributed by atoms with Gasteiger partial charge in [-0.15, -0.1) is 0 Å². The Morgan fingerprint density at radius 1 is 1.54 bits per heavy atom. The van der Waals surface area contributed by atoms with E-state index in [9.17, 15) is 13.2 Å². The SMILES string of the molecule is CS(=O)(=O)CCC1C=CC(C=O)=C1. The Morgan fingerprint density at radius 2 is 2.23 bits per heavy atom. The van der Waals surface area contributed by atoms with E-state index in [1.165, 1.54) is 6.26 Å². The molecule has 0 aromatic carbocycles. The van der Waals surface area contributed by atoms with Gasteiger partial charge in [0.25, 0.3) is 0 Å². The average molecular weight is 200 g/mol. The highest BCUT2D eigenvalue weighted by Crippen LogP contribution is 2.18. The molecule has 1 rings (SSSR count). The standard InChI is InChI=1S/C9H12O3S/c1-13(11,12)5-4-8-2-3-9(6-8)7-10/h2-3,6-8H,4-5H2,1H3. The van der Waals surface area contributed by atoms with Gasteiger partial charge in [-0.25, -0.2) is 8.42 Å². The molecule has 1 aliphatic rings. The predicted molar refractivity (Wildman–Crippen MR) is 51.1 cm³/mol. The Bertz CT molecular complexity index is 349. The number of aldehydes is 1. The van der Waals surface area contributed by atoms with Crippen molar-refractivity contribution in [3.8, 4) is 0 Å². The molecular weight excluding hydrogens is 188 g/mol. The van der Waals surface area contributed by atoms with Crippen molar-refractivity contribution in [2.45, 2.75) is 6.42 Å². The summed E-state index contributed by atoms with van der Waals surface area (Å²) in [5, 5.41) is 0. The number of carbonyl (C=O) groups is 1. The molecule has 0 radical (unpaired) electrons. The molecule has 0 N–H and O–H groups in total. The van der Waals surface area contributed by atoms with E-state index in [1.54, 1.807) is 12.2 Å². The van der Waals surface area contributed by atoms with Gasteiger partial charge in [-0.2, -0.15) is 0 Å². The Hall–Kier alpha value is -0.900. The first-order chi connectivity index (χ1) is 6.01. The lowest BCUT2D eigenvalue weighted by molar-refractivity contribution is -0.104. The van der Waals surface area contributed by atoms with Crippen LogP contribution in [-0.4, -0.2) is 26.7 Å². The Morgan fingerprint density at radius 3 is 2.69 bits per heavy atom. The van der Waals surface area contributed by atoms with Crippen LogP contribution in [-0.2, 0) is 14.6 Å². The molecule has 3 nitrogen and oxygen atoms in total. The van der Waals surface area contributed by atoms with Crippen molar-refractivity contribution in [1.82, 2.24) is 0 Å². The van der Waals surface area contributed by atoms with Crippen LogP contribution in [0.25, 0.3) is 0 Å². The maximum absolute atomic E-state index is 10.8. The van der Waals surface area contributed by atoms with E-state index >= 15 is 0 Å². The van der Waals surface area contributed by atoms with Crippen molar-refractivity contribution in [2.24, 2.45) is 5.92 Å². The van der Waals surface area contributed by atoms with E-state index in [0.29, 0.717) is 12.0 Å². The van der Waals surface area contributed by atoms with E-state index < -0.39 is 9.84 Å². The van der Waals surface area contributed by atoms with E-state index in [2.05, 4.69) is 0 Å². The van der Waals surface area contributed by atoms with Gasteiger partial charge < -0.3 is 0 Å². The van der Waals surface area contributed by atoms with Gasteiger partial charge in [-0.1, -0.05) is 18.2 Å². The summed E-state index contributed by atoms with van der Waals surface area (Å²) in [6, 6.07) is 0. The summed E-state index contributed by atoms with van der Waals surface area (Å²) >= 11 is 0. The third-order valence-corrected chi connectivity index (χ3v) is 2.88. The fourth-order valence-corrected chi connectivity index (χ4v) is 1.90. The van der Waals surface area contributed by atoms with Crippen LogP contribution in [0.3, 0.4) is 0 Å². The van der Waals surface area contributed by atoms with Crippen molar-refractivity contribution in [1.29, 1.82) is 0 Å². The summed E-state index contributed by atoms with van der Waals surface area (Å²) in [6.45, 7) is 0. The number of rotatable bonds is 4. The van der Waals surface area contributed by atoms with Gasteiger partial charge in [0, 0.05) is 11.8 Å².